The van der Waals surface area contributed by atoms with Crippen molar-refractivity contribution in [2.45, 2.75) is 18.0 Å². The minimum atomic E-state index is -4.35. The van der Waals surface area contributed by atoms with Crippen molar-refractivity contribution < 1.29 is 41.3 Å². The van der Waals surface area contributed by atoms with E-state index in [-0.39, 0.29) is 29.4 Å². The summed E-state index contributed by atoms with van der Waals surface area (Å²) in [6, 6.07) is 18.7. The molecule has 13 heteroatoms. The van der Waals surface area contributed by atoms with Crippen molar-refractivity contribution in [3.8, 4) is 17.2 Å². The van der Waals surface area contributed by atoms with Crippen LogP contribution in [0.1, 0.15) is 31.8 Å². The molecule has 0 radical (unpaired) electrons. The number of carbonyl (C=O) groups is 2. The number of anilines is 1. The second-order valence-electron chi connectivity index (χ2n) is 9.59. The summed E-state index contributed by atoms with van der Waals surface area (Å²) in [5.41, 5.74) is 1.08. The lowest BCUT2D eigenvalue weighted by Gasteiger charge is -2.23. The van der Waals surface area contributed by atoms with Crippen molar-refractivity contribution in [1.29, 1.82) is 0 Å². The number of esters is 1. The van der Waals surface area contributed by atoms with Crippen molar-refractivity contribution in [2.75, 3.05) is 33.8 Å². The summed E-state index contributed by atoms with van der Waals surface area (Å²) in [4.78, 5) is 24.7. The van der Waals surface area contributed by atoms with Gasteiger partial charge >= 0.3 is 5.97 Å². The molecule has 0 spiro atoms. The number of methoxy groups -OCH3 is 4. The van der Waals surface area contributed by atoms with Crippen molar-refractivity contribution in [1.82, 2.24) is 4.31 Å². The number of amides is 1. The number of nitrogens with one attached hydrogen (secondary N) is 1. The SMILES string of the molecule is COC(=O)c1ccc(CN(Cc2ccc(OC)c(OC)c2)S(=O)(=O)c2ccc(F)c(C(=O)Nc3cc(Cl)ccc3OC)c2)cc1. The summed E-state index contributed by atoms with van der Waals surface area (Å²) >= 11 is 6.05. The Kier molecular flexibility index (Phi) is 10.7. The van der Waals surface area contributed by atoms with Crippen molar-refractivity contribution in [3.63, 3.8) is 0 Å². The number of hydrogen-bond acceptors (Lipinski definition) is 8. The Balaban J connectivity index is 1.72. The van der Waals surface area contributed by atoms with E-state index in [4.69, 9.17) is 30.5 Å². The van der Waals surface area contributed by atoms with Crippen LogP contribution < -0.4 is 19.5 Å². The van der Waals surface area contributed by atoms with E-state index in [1.807, 2.05) is 0 Å². The van der Waals surface area contributed by atoms with Crippen LogP contribution in [0, 0.1) is 5.82 Å². The predicted octanol–water partition coefficient (Wildman–Crippen LogP) is 5.93. The molecule has 0 aliphatic rings. The fourth-order valence-corrected chi connectivity index (χ4v) is 6.05. The molecule has 0 aliphatic carbocycles. The van der Waals surface area contributed by atoms with E-state index in [2.05, 4.69) is 5.32 Å². The number of rotatable bonds is 12. The van der Waals surface area contributed by atoms with E-state index >= 15 is 0 Å². The summed E-state index contributed by atoms with van der Waals surface area (Å²) in [5.74, 6) is -1.25. The summed E-state index contributed by atoms with van der Waals surface area (Å²) in [6.07, 6.45) is 0. The molecular formula is C32H30ClFN2O8S. The quantitative estimate of drug-likeness (QED) is 0.186. The smallest absolute Gasteiger partial charge is 0.337 e. The van der Waals surface area contributed by atoms with E-state index in [0.29, 0.717) is 33.2 Å². The van der Waals surface area contributed by atoms with Gasteiger partial charge in [0.1, 0.15) is 11.6 Å². The summed E-state index contributed by atoms with van der Waals surface area (Å²) in [5, 5.41) is 2.83. The number of carbonyl (C=O) groups excluding carboxylic acids is 2. The molecular weight excluding hydrogens is 627 g/mol. The Labute approximate surface area is 265 Å². The van der Waals surface area contributed by atoms with Crippen molar-refractivity contribution >= 4 is 39.2 Å². The number of ether oxygens (including phenoxy) is 4. The van der Waals surface area contributed by atoms with Crippen molar-refractivity contribution in [3.05, 3.63) is 112 Å². The first kappa shape index (κ1) is 33.2. The van der Waals surface area contributed by atoms with Gasteiger partial charge in [-0.3, -0.25) is 4.79 Å². The lowest BCUT2D eigenvalue weighted by atomic mass is 10.1. The van der Waals surface area contributed by atoms with Gasteiger partial charge in [-0.15, -0.1) is 0 Å². The molecule has 236 valence electrons. The van der Waals surface area contributed by atoms with E-state index < -0.39 is 33.3 Å². The topological polar surface area (TPSA) is 120 Å². The molecule has 4 aromatic rings. The standard InChI is InChI=1S/C32H30ClFN2O8S/c1-41-28-14-10-23(33)16-27(28)35-31(37)25-17-24(11-12-26(25)34)45(39,40)36(18-20-5-8-22(9-6-20)32(38)44-4)19-21-7-13-29(42-2)30(15-21)43-3/h5-17H,18-19H2,1-4H3,(H,35,37). The second kappa shape index (κ2) is 14.4. The van der Waals surface area contributed by atoms with Crippen LogP contribution in [0.2, 0.25) is 5.02 Å². The Hall–Kier alpha value is -4.65. The largest absolute Gasteiger partial charge is 0.495 e. The zero-order valence-electron chi connectivity index (χ0n) is 24.8. The molecule has 1 N–H and O–H groups in total. The number of benzene rings is 4. The van der Waals surface area contributed by atoms with Crippen LogP contribution in [0.4, 0.5) is 10.1 Å². The summed E-state index contributed by atoms with van der Waals surface area (Å²) in [6.45, 7) is -0.253. The highest BCUT2D eigenvalue weighted by molar-refractivity contribution is 7.89. The lowest BCUT2D eigenvalue weighted by molar-refractivity contribution is 0.0600. The third-order valence-electron chi connectivity index (χ3n) is 6.77. The van der Waals surface area contributed by atoms with Crippen LogP contribution in [-0.4, -0.2) is 53.0 Å². The van der Waals surface area contributed by atoms with Gasteiger partial charge in [0.25, 0.3) is 5.91 Å². The fraction of sp³-hybridized carbons (Fsp3) is 0.188. The predicted molar refractivity (Wildman–Crippen MR) is 166 cm³/mol. The zero-order chi connectivity index (χ0) is 32.7. The highest BCUT2D eigenvalue weighted by atomic mass is 35.5. The van der Waals surface area contributed by atoms with Crippen LogP contribution in [0.3, 0.4) is 0 Å². The first-order valence-electron chi connectivity index (χ1n) is 13.3. The van der Waals surface area contributed by atoms with Gasteiger partial charge in [0.05, 0.1) is 50.1 Å². The van der Waals surface area contributed by atoms with E-state index in [0.717, 1.165) is 22.5 Å². The molecule has 45 heavy (non-hydrogen) atoms. The molecule has 10 nitrogen and oxygen atoms in total. The average molecular weight is 657 g/mol. The van der Waals surface area contributed by atoms with Crippen LogP contribution in [0.25, 0.3) is 0 Å². The molecule has 0 saturated heterocycles. The van der Waals surface area contributed by atoms with Crippen LogP contribution in [-0.2, 0) is 27.8 Å². The van der Waals surface area contributed by atoms with E-state index in [9.17, 15) is 22.4 Å². The molecule has 0 aromatic heterocycles. The van der Waals surface area contributed by atoms with Gasteiger partial charge in [0, 0.05) is 18.1 Å². The summed E-state index contributed by atoms with van der Waals surface area (Å²) in [7, 11) is 1.24. The maximum Gasteiger partial charge on any atom is 0.337 e. The number of sulfonamides is 1. The lowest BCUT2D eigenvalue weighted by Crippen LogP contribution is -2.30. The van der Waals surface area contributed by atoms with E-state index in [1.54, 1.807) is 36.4 Å². The molecule has 0 aliphatic heterocycles. The average Bonchev–Trinajstić information content (AvgIpc) is 3.04. The van der Waals surface area contributed by atoms with Gasteiger partial charge in [-0.2, -0.15) is 4.31 Å². The summed E-state index contributed by atoms with van der Waals surface area (Å²) < 4.78 is 65.0. The normalized spacial score (nSPS) is 11.2. The van der Waals surface area contributed by atoms with Gasteiger partial charge in [0.15, 0.2) is 11.5 Å². The Morgan fingerprint density at radius 1 is 0.778 bits per heavy atom. The molecule has 0 atom stereocenters. The van der Waals surface area contributed by atoms with Crippen LogP contribution in [0.5, 0.6) is 17.2 Å². The highest BCUT2D eigenvalue weighted by Crippen LogP contribution is 2.31. The Bertz CT molecular complexity index is 1820. The van der Waals surface area contributed by atoms with E-state index in [1.165, 1.54) is 52.7 Å². The van der Waals surface area contributed by atoms with Gasteiger partial charge in [-0.25, -0.2) is 17.6 Å². The molecule has 0 saturated carbocycles. The maximum absolute atomic E-state index is 15.0. The molecule has 0 bridgehead atoms. The first-order chi connectivity index (χ1) is 21.5. The third-order valence-corrected chi connectivity index (χ3v) is 8.79. The van der Waals surface area contributed by atoms with Gasteiger partial charge in [-0.1, -0.05) is 29.8 Å². The molecule has 0 unspecified atom stereocenters. The van der Waals surface area contributed by atoms with Gasteiger partial charge < -0.3 is 24.3 Å². The second-order valence-corrected chi connectivity index (χ2v) is 12.0. The first-order valence-corrected chi connectivity index (χ1v) is 15.1. The molecule has 1 amide bonds. The molecule has 4 aromatic carbocycles. The molecule has 0 fully saturated rings. The van der Waals surface area contributed by atoms with Gasteiger partial charge in [-0.05, 0) is 71.8 Å². The zero-order valence-corrected chi connectivity index (χ0v) is 26.4. The monoisotopic (exact) mass is 656 g/mol. The van der Waals surface area contributed by atoms with Crippen molar-refractivity contribution in [2.24, 2.45) is 0 Å². The third kappa shape index (κ3) is 7.72. The number of halogens is 2. The Morgan fingerprint density at radius 3 is 2.04 bits per heavy atom. The minimum Gasteiger partial charge on any atom is -0.495 e. The Morgan fingerprint density at radius 2 is 1.40 bits per heavy atom. The molecule has 0 heterocycles. The molecule has 4 rings (SSSR count). The minimum absolute atomic E-state index is 0.125. The highest BCUT2D eigenvalue weighted by Gasteiger charge is 2.28. The van der Waals surface area contributed by atoms with Crippen LogP contribution >= 0.6 is 11.6 Å². The maximum atomic E-state index is 15.0. The number of nitrogens with zero attached hydrogens (tertiary/aromatic N) is 1. The fourth-order valence-electron chi connectivity index (χ4n) is 4.43. The van der Waals surface area contributed by atoms with Crippen LogP contribution in [0.15, 0.2) is 83.8 Å². The number of hydrogen-bond donors (Lipinski definition) is 1. The van der Waals surface area contributed by atoms with Gasteiger partial charge in [0.2, 0.25) is 10.0 Å².